The summed E-state index contributed by atoms with van der Waals surface area (Å²) in [6.07, 6.45) is 1.80. The second kappa shape index (κ2) is 8.75. The van der Waals surface area contributed by atoms with Gasteiger partial charge in [-0.25, -0.2) is 0 Å². The molecule has 0 radical (unpaired) electrons. The van der Waals surface area contributed by atoms with Crippen LogP contribution in [0.15, 0.2) is 109 Å². The Bertz CT molecular complexity index is 1610. The maximum atomic E-state index is 12.4. The van der Waals surface area contributed by atoms with Crippen molar-refractivity contribution < 1.29 is 9.59 Å². The Hall–Kier alpha value is -4.70. The first-order chi connectivity index (χ1) is 18.0. The van der Waals surface area contributed by atoms with E-state index in [1.165, 1.54) is 0 Å². The van der Waals surface area contributed by atoms with Crippen molar-refractivity contribution in [1.29, 1.82) is 0 Å². The van der Waals surface area contributed by atoms with Crippen molar-refractivity contribution in [3.63, 3.8) is 0 Å². The Balaban J connectivity index is 1.73. The molecule has 3 aromatic carbocycles. The number of hydrogen-bond donors (Lipinski definition) is 0. The van der Waals surface area contributed by atoms with Gasteiger partial charge in [0.25, 0.3) is 0 Å². The van der Waals surface area contributed by atoms with Crippen LogP contribution < -0.4 is 0 Å². The number of ketones is 2. The summed E-state index contributed by atoms with van der Waals surface area (Å²) in [5, 5.41) is 0. The zero-order valence-electron chi connectivity index (χ0n) is 20.6. The summed E-state index contributed by atoms with van der Waals surface area (Å²) in [6, 6.07) is 33.7. The largest absolute Gasteiger partial charge is 0.295 e. The summed E-state index contributed by atoms with van der Waals surface area (Å²) in [6.45, 7) is 3.14. The molecule has 2 heterocycles. The van der Waals surface area contributed by atoms with E-state index in [1.54, 1.807) is 20.0 Å². The molecular formula is C33H24N2O2. The highest BCUT2D eigenvalue weighted by Gasteiger charge is 2.48. The summed E-state index contributed by atoms with van der Waals surface area (Å²) in [4.78, 5) is 34.8. The van der Waals surface area contributed by atoms with Crippen LogP contribution in [-0.4, -0.2) is 21.5 Å². The number of pyridine rings is 2. The Morgan fingerprint density at radius 3 is 1.78 bits per heavy atom. The number of hydrogen-bond acceptors (Lipinski definition) is 4. The highest BCUT2D eigenvalue weighted by Crippen LogP contribution is 2.55. The molecule has 0 saturated heterocycles. The molecule has 0 fully saturated rings. The molecule has 4 heteroatoms. The fourth-order valence-corrected chi connectivity index (χ4v) is 5.45. The first kappa shape index (κ1) is 22.7. The van der Waals surface area contributed by atoms with Crippen LogP contribution in [0.3, 0.4) is 0 Å². The normalized spacial score (nSPS) is 13.0. The van der Waals surface area contributed by atoms with E-state index in [9.17, 15) is 9.59 Å². The summed E-state index contributed by atoms with van der Waals surface area (Å²) >= 11 is 0. The minimum absolute atomic E-state index is 0.00777. The van der Waals surface area contributed by atoms with E-state index in [-0.39, 0.29) is 11.6 Å². The zero-order chi connectivity index (χ0) is 25.6. The highest BCUT2D eigenvalue weighted by atomic mass is 16.1. The molecule has 0 saturated carbocycles. The molecule has 37 heavy (non-hydrogen) atoms. The van der Waals surface area contributed by atoms with Gasteiger partial charge in [0.2, 0.25) is 0 Å². The number of aromatic nitrogens is 2. The van der Waals surface area contributed by atoms with Crippen LogP contribution in [0.2, 0.25) is 0 Å². The second-order valence-electron chi connectivity index (χ2n) is 9.37. The third kappa shape index (κ3) is 3.53. The Morgan fingerprint density at radius 1 is 0.622 bits per heavy atom. The maximum Gasteiger partial charge on any atom is 0.159 e. The first-order valence-corrected chi connectivity index (χ1v) is 12.3. The maximum absolute atomic E-state index is 12.4. The molecule has 0 spiro atoms. The van der Waals surface area contributed by atoms with Crippen molar-refractivity contribution in [3.8, 4) is 22.4 Å². The van der Waals surface area contributed by atoms with Crippen LogP contribution in [0.25, 0.3) is 22.4 Å². The molecule has 0 N–H and O–H groups in total. The number of fused-ring (bicyclic) bond motifs is 3. The van der Waals surface area contributed by atoms with Gasteiger partial charge < -0.3 is 0 Å². The molecule has 5 aromatic rings. The lowest BCUT2D eigenvalue weighted by molar-refractivity contribution is 0.100. The fraction of sp³-hybridized carbons (Fsp3) is 0.0909. The molecule has 0 aliphatic heterocycles. The molecule has 178 valence electrons. The van der Waals surface area contributed by atoms with Crippen LogP contribution in [0.4, 0.5) is 0 Å². The number of carbonyl (C=O) groups is 2. The Kier molecular flexibility index (Phi) is 5.38. The van der Waals surface area contributed by atoms with Crippen LogP contribution in [0.1, 0.15) is 57.1 Å². The molecule has 6 rings (SSSR count). The van der Waals surface area contributed by atoms with Gasteiger partial charge >= 0.3 is 0 Å². The van der Waals surface area contributed by atoms with Crippen LogP contribution in [0, 0.1) is 0 Å². The number of benzene rings is 3. The average Bonchev–Trinajstić information content (AvgIpc) is 3.24. The van der Waals surface area contributed by atoms with E-state index in [1.807, 2.05) is 103 Å². The minimum atomic E-state index is -0.818. The standard InChI is InChI=1S/C33H24N2O2/c1-21(36)24-14-16-28-26(19-24)27-20-25(22(2)37)15-17-29(27)33(28,31-12-6-7-18-34-31)32-13-8-11-30(35-32)23-9-4-3-5-10-23/h3-20H,1-2H3. The van der Waals surface area contributed by atoms with Crippen LogP contribution >= 0.6 is 0 Å². The molecule has 0 atom stereocenters. The van der Waals surface area contributed by atoms with Gasteiger partial charge in [-0.15, -0.1) is 0 Å². The van der Waals surface area contributed by atoms with E-state index in [4.69, 9.17) is 9.97 Å². The van der Waals surface area contributed by atoms with Gasteiger partial charge in [-0.2, -0.15) is 0 Å². The van der Waals surface area contributed by atoms with Gasteiger partial charge in [-0.1, -0.05) is 66.7 Å². The topological polar surface area (TPSA) is 59.9 Å². The van der Waals surface area contributed by atoms with Gasteiger partial charge in [0.1, 0.15) is 5.41 Å². The first-order valence-electron chi connectivity index (χ1n) is 12.3. The lowest BCUT2D eigenvalue weighted by atomic mass is 9.71. The van der Waals surface area contributed by atoms with Crippen molar-refractivity contribution in [3.05, 3.63) is 143 Å². The lowest BCUT2D eigenvalue weighted by Gasteiger charge is -2.31. The molecule has 1 aliphatic rings. The lowest BCUT2D eigenvalue weighted by Crippen LogP contribution is -2.31. The summed E-state index contributed by atoms with van der Waals surface area (Å²) in [7, 11) is 0. The molecule has 4 nitrogen and oxygen atoms in total. The molecule has 0 bridgehead atoms. The number of carbonyl (C=O) groups excluding carboxylic acids is 2. The van der Waals surface area contributed by atoms with E-state index in [0.29, 0.717) is 11.1 Å². The van der Waals surface area contributed by atoms with Crippen molar-refractivity contribution in [1.82, 2.24) is 9.97 Å². The predicted octanol–water partition coefficient (Wildman–Crippen LogP) is 6.91. The molecule has 2 aromatic heterocycles. The monoisotopic (exact) mass is 480 g/mol. The highest BCUT2D eigenvalue weighted by molar-refractivity contribution is 6.00. The van der Waals surface area contributed by atoms with Gasteiger partial charge in [0.15, 0.2) is 11.6 Å². The quantitative estimate of drug-likeness (QED) is 0.252. The van der Waals surface area contributed by atoms with Gasteiger partial charge in [-0.05, 0) is 72.5 Å². The van der Waals surface area contributed by atoms with Gasteiger partial charge in [0.05, 0.1) is 17.1 Å². The molecule has 0 amide bonds. The van der Waals surface area contributed by atoms with Crippen molar-refractivity contribution in [2.75, 3.05) is 0 Å². The Morgan fingerprint density at radius 2 is 1.22 bits per heavy atom. The predicted molar refractivity (Wildman–Crippen MR) is 145 cm³/mol. The minimum Gasteiger partial charge on any atom is -0.295 e. The summed E-state index contributed by atoms with van der Waals surface area (Å²) in [5.74, 6) is -0.0155. The molecule has 1 aliphatic carbocycles. The van der Waals surface area contributed by atoms with Crippen molar-refractivity contribution in [2.24, 2.45) is 0 Å². The smallest absolute Gasteiger partial charge is 0.159 e. The SMILES string of the molecule is CC(=O)c1ccc2c(c1)-c1cc(C(C)=O)ccc1C2(c1ccccn1)c1cccc(-c2ccccc2)n1. The van der Waals surface area contributed by atoms with Crippen molar-refractivity contribution >= 4 is 11.6 Å². The molecular weight excluding hydrogens is 456 g/mol. The van der Waals surface area contributed by atoms with E-state index < -0.39 is 5.41 Å². The summed E-state index contributed by atoms with van der Waals surface area (Å²) in [5.41, 5.74) is 7.81. The third-order valence-electron chi connectivity index (χ3n) is 7.20. The number of rotatable bonds is 5. The number of nitrogens with zero attached hydrogens (tertiary/aromatic N) is 2. The molecule has 0 unspecified atom stereocenters. The van der Waals surface area contributed by atoms with Crippen molar-refractivity contribution in [2.45, 2.75) is 19.3 Å². The van der Waals surface area contributed by atoms with E-state index in [0.717, 1.165) is 44.9 Å². The van der Waals surface area contributed by atoms with Crippen LogP contribution in [-0.2, 0) is 5.41 Å². The van der Waals surface area contributed by atoms with E-state index in [2.05, 4.69) is 0 Å². The second-order valence-corrected chi connectivity index (χ2v) is 9.37. The Labute approximate surface area is 215 Å². The van der Waals surface area contributed by atoms with E-state index >= 15 is 0 Å². The average molecular weight is 481 g/mol. The summed E-state index contributed by atoms with van der Waals surface area (Å²) < 4.78 is 0. The fourth-order valence-electron chi connectivity index (χ4n) is 5.45. The zero-order valence-corrected chi connectivity index (χ0v) is 20.6. The third-order valence-corrected chi connectivity index (χ3v) is 7.20. The van der Waals surface area contributed by atoms with Gasteiger partial charge in [0, 0.05) is 22.9 Å². The number of Topliss-reactive ketones (excluding diaryl/α,β-unsaturated/α-hetero) is 2. The van der Waals surface area contributed by atoms with Crippen LogP contribution in [0.5, 0.6) is 0 Å². The van der Waals surface area contributed by atoms with Gasteiger partial charge in [-0.3, -0.25) is 19.6 Å².